The van der Waals surface area contributed by atoms with E-state index in [2.05, 4.69) is 26.6 Å². The Morgan fingerprint density at radius 2 is 1.96 bits per heavy atom. The van der Waals surface area contributed by atoms with Crippen molar-refractivity contribution in [3.05, 3.63) is 74.5 Å². The second kappa shape index (κ2) is 7.26. The van der Waals surface area contributed by atoms with Gasteiger partial charge in [-0.1, -0.05) is 71.3 Å². The maximum Gasteiger partial charge on any atom is 0.209 e. The van der Waals surface area contributed by atoms with Crippen LogP contribution in [0, 0.1) is 11.6 Å². The molecule has 0 aliphatic rings. The summed E-state index contributed by atoms with van der Waals surface area (Å²) in [6.07, 6.45) is 1.73. The summed E-state index contributed by atoms with van der Waals surface area (Å²) in [4.78, 5) is 1.54. The van der Waals surface area contributed by atoms with Gasteiger partial charge in [0.25, 0.3) is 0 Å². The zero-order valence-corrected chi connectivity index (χ0v) is 16.6. The van der Waals surface area contributed by atoms with Crippen LogP contribution in [0.1, 0.15) is 11.1 Å². The highest BCUT2D eigenvalue weighted by Gasteiger charge is 2.15. The Morgan fingerprint density at radius 1 is 1.15 bits per heavy atom. The van der Waals surface area contributed by atoms with Gasteiger partial charge in [-0.15, -0.1) is 10.2 Å². The Balaban J connectivity index is 1.66. The summed E-state index contributed by atoms with van der Waals surface area (Å²) < 4.78 is 2.16. The Kier molecular flexibility index (Phi) is 4.82. The van der Waals surface area contributed by atoms with Gasteiger partial charge in [0.2, 0.25) is 5.82 Å². The van der Waals surface area contributed by atoms with E-state index in [1.165, 1.54) is 5.56 Å². The normalized spacial score (nSPS) is 11.1. The van der Waals surface area contributed by atoms with Gasteiger partial charge in [0, 0.05) is 6.20 Å². The second-order valence-corrected chi connectivity index (χ2v) is 7.20. The molecular weight excluding hydrogens is 403 g/mol. The zero-order chi connectivity index (χ0) is 19.0. The molecule has 2 heterocycles. The van der Waals surface area contributed by atoms with Crippen LogP contribution in [0.2, 0.25) is 10.0 Å². The standard InChI is InChI=1S/C18H14Cl2N6S/c1-11-4-2-5-12(8-11)10-25-23-17(22-24-25)13-9-21-26(18(13)27)15-7-3-6-14(19)16(15)20/h2-9,21H,10H2,1H3. The molecule has 2 aromatic heterocycles. The van der Waals surface area contributed by atoms with Crippen LogP contribution in [0.3, 0.4) is 0 Å². The van der Waals surface area contributed by atoms with Crippen molar-refractivity contribution < 1.29 is 0 Å². The first-order valence-electron chi connectivity index (χ1n) is 8.11. The van der Waals surface area contributed by atoms with E-state index in [-0.39, 0.29) is 0 Å². The number of nitrogens with zero attached hydrogens (tertiary/aromatic N) is 5. The number of H-pyrrole nitrogens is 1. The van der Waals surface area contributed by atoms with Gasteiger partial charge in [0.05, 0.1) is 27.8 Å². The highest BCUT2D eigenvalue weighted by atomic mass is 35.5. The van der Waals surface area contributed by atoms with E-state index >= 15 is 0 Å². The number of benzene rings is 2. The number of hydrogen-bond donors (Lipinski definition) is 1. The molecule has 0 bridgehead atoms. The van der Waals surface area contributed by atoms with Crippen LogP contribution >= 0.6 is 35.4 Å². The van der Waals surface area contributed by atoms with Crippen molar-refractivity contribution in [3.8, 4) is 17.1 Å². The summed E-state index contributed by atoms with van der Waals surface area (Å²) in [5, 5.41) is 16.7. The predicted molar refractivity (Wildman–Crippen MR) is 108 cm³/mol. The molecule has 6 nitrogen and oxygen atoms in total. The molecule has 0 saturated carbocycles. The van der Waals surface area contributed by atoms with Crippen molar-refractivity contribution in [2.75, 3.05) is 0 Å². The van der Waals surface area contributed by atoms with Crippen molar-refractivity contribution in [1.29, 1.82) is 0 Å². The van der Waals surface area contributed by atoms with Gasteiger partial charge in [-0.05, 0) is 29.8 Å². The maximum atomic E-state index is 6.30. The van der Waals surface area contributed by atoms with Gasteiger partial charge in [-0.25, -0.2) is 4.68 Å². The summed E-state index contributed by atoms with van der Waals surface area (Å²) in [5.41, 5.74) is 3.61. The molecule has 0 aliphatic heterocycles. The van der Waals surface area contributed by atoms with Crippen molar-refractivity contribution in [2.45, 2.75) is 13.5 Å². The highest BCUT2D eigenvalue weighted by Crippen LogP contribution is 2.29. The summed E-state index contributed by atoms with van der Waals surface area (Å²) in [7, 11) is 0. The molecule has 4 rings (SSSR count). The lowest BCUT2D eigenvalue weighted by Crippen LogP contribution is -2.04. The molecule has 4 aromatic rings. The predicted octanol–water partition coefficient (Wildman–Crippen LogP) is 4.85. The molecule has 0 amide bonds. The average Bonchev–Trinajstić information content (AvgIpc) is 3.24. The topological polar surface area (TPSA) is 64.3 Å². The van der Waals surface area contributed by atoms with E-state index in [0.717, 1.165) is 5.56 Å². The van der Waals surface area contributed by atoms with Gasteiger partial charge in [0.15, 0.2) is 0 Å². The fraction of sp³-hybridized carbons (Fsp3) is 0.111. The first-order valence-corrected chi connectivity index (χ1v) is 9.28. The molecule has 0 unspecified atom stereocenters. The molecule has 0 spiro atoms. The van der Waals surface area contributed by atoms with E-state index in [0.29, 0.717) is 38.3 Å². The molecule has 0 fully saturated rings. The van der Waals surface area contributed by atoms with Gasteiger partial charge >= 0.3 is 0 Å². The average molecular weight is 417 g/mol. The Labute approximate surface area is 170 Å². The van der Waals surface area contributed by atoms with Crippen LogP contribution in [0.4, 0.5) is 0 Å². The van der Waals surface area contributed by atoms with Crippen molar-refractivity contribution >= 4 is 35.4 Å². The molecular formula is C18H14Cl2N6S. The first kappa shape index (κ1) is 17.9. The Hall–Kier alpha value is -2.48. The summed E-state index contributed by atoms with van der Waals surface area (Å²) in [5.74, 6) is 0.445. The van der Waals surface area contributed by atoms with Crippen molar-refractivity contribution in [1.82, 2.24) is 30.0 Å². The number of aromatic amines is 1. The van der Waals surface area contributed by atoms with Crippen LogP contribution in [-0.4, -0.2) is 30.0 Å². The lowest BCUT2D eigenvalue weighted by Gasteiger charge is -2.06. The third-order valence-electron chi connectivity index (χ3n) is 4.04. The minimum Gasteiger partial charge on any atom is -0.299 e. The van der Waals surface area contributed by atoms with Crippen LogP contribution in [0.15, 0.2) is 48.7 Å². The summed E-state index contributed by atoms with van der Waals surface area (Å²) >= 11 is 18.0. The molecule has 136 valence electrons. The Morgan fingerprint density at radius 3 is 2.78 bits per heavy atom. The molecule has 2 aromatic carbocycles. The van der Waals surface area contributed by atoms with E-state index in [1.54, 1.807) is 21.7 Å². The zero-order valence-electron chi connectivity index (χ0n) is 14.2. The molecule has 1 N–H and O–H groups in total. The van der Waals surface area contributed by atoms with Gasteiger partial charge < -0.3 is 0 Å². The smallest absolute Gasteiger partial charge is 0.209 e. The largest absolute Gasteiger partial charge is 0.299 e. The van der Waals surface area contributed by atoms with Crippen LogP contribution in [0.25, 0.3) is 17.1 Å². The molecule has 27 heavy (non-hydrogen) atoms. The monoisotopic (exact) mass is 416 g/mol. The number of aromatic nitrogens is 6. The molecule has 0 radical (unpaired) electrons. The lowest BCUT2D eigenvalue weighted by atomic mass is 10.1. The number of tetrazole rings is 1. The molecule has 9 heteroatoms. The highest BCUT2D eigenvalue weighted by molar-refractivity contribution is 7.71. The lowest BCUT2D eigenvalue weighted by molar-refractivity contribution is 0.572. The van der Waals surface area contributed by atoms with Gasteiger partial charge in [0.1, 0.15) is 4.64 Å². The summed E-state index contributed by atoms with van der Waals surface area (Å²) in [6, 6.07) is 13.5. The van der Waals surface area contributed by atoms with E-state index in [9.17, 15) is 0 Å². The number of hydrogen-bond acceptors (Lipinski definition) is 4. The van der Waals surface area contributed by atoms with Gasteiger partial charge in [-0.2, -0.15) is 4.80 Å². The van der Waals surface area contributed by atoms with Crippen LogP contribution < -0.4 is 0 Å². The van der Waals surface area contributed by atoms with Crippen molar-refractivity contribution in [3.63, 3.8) is 0 Å². The van der Waals surface area contributed by atoms with E-state index < -0.39 is 0 Å². The fourth-order valence-electron chi connectivity index (χ4n) is 2.77. The van der Waals surface area contributed by atoms with Gasteiger partial charge in [-0.3, -0.25) is 5.10 Å². The van der Waals surface area contributed by atoms with Crippen LogP contribution in [-0.2, 0) is 6.54 Å². The SMILES string of the molecule is Cc1cccc(Cn2nnc(-c3c[nH]n(-c4cccc(Cl)c4Cl)c3=S)n2)c1. The minimum absolute atomic E-state index is 0.416. The summed E-state index contributed by atoms with van der Waals surface area (Å²) in [6.45, 7) is 2.58. The number of rotatable bonds is 4. The minimum atomic E-state index is 0.416. The van der Waals surface area contributed by atoms with Crippen LogP contribution in [0.5, 0.6) is 0 Å². The molecule has 0 atom stereocenters. The first-order chi connectivity index (χ1) is 13.0. The quantitative estimate of drug-likeness (QED) is 0.482. The number of nitrogens with one attached hydrogen (secondary N) is 1. The number of aryl methyl sites for hydroxylation is 1. The molecule has 0 aliphatic carbocycles. The fourth-order valence-corrected chi connectivity index (χ4v) is 3.45. The van der Waals surface area contributed by atoms with Crippen molar-refractivity contribution in [2.24, 2.45) is 0 Å². The number of halogens is 2. The second-order valence-electron chi connectivity index (χ2n) is 6.03. The maximum absolute atomic E-state index is 6.30. The molecule has 0 saturated heterocycles. The third kappa shape index (κ3) is 3.53. The van der Waals surface area contributed by atoms with E-state index in [1.807, 2.05) is 37.3 Å². The van der Waals surface area contributed by atoms with E-state index in [4.69, 9.17) is 35.4 Å². The third-order valence-corrected chi connectivity index (χ3v) is 5.26. The Bertz CT molecular complexity index is 1180.